The number of thiazole rings is 1. The van der Waals surface area contributed by atoms with Crippen molar-refractivity contribution in [3.8, 4) is 5.75 Å². The van der Waals surface area contributed by atoms with E-state index in [-0.39, 0.29) is 5.78 Å². The number of nitrogens with zero attached hydrogens (tertiary/aromatic N) is 1. The molecule has 0 spiro atoms. The van der Waals surface area contributed by atoms with Crippen molar-refractivity contribution in [2.24, 2.45) is 0 Å². The Morgan fingerprint density at radius 1 is 0.906 bits per heavy atom. The summed E-state index contributed by atoms with van der Waals surface area (Å²) in [4.78, 5) is 20.2. The predicted octanol–water partition coefficient (Wildman–Crippen LogP) is 7.07. The molecule has 0 saturated heterocycles. The number of aromatic nitrogens is 1. The summed E-state index contributed by atoms with van der Waals surface area (Å²) in [5.41, 5.74) is 7.46. The maximum Gasteiger partial charge on any atom is 0.195 e. The highest BCUT2D eigenvalue weighted by Crippen LogP contribution is 2.45. The SMILES string of the molecule is Cc1scnc1C1=C(c2cccs2)C(=O)c2cc(OCCCCc3ccccc3)ccc21. The maximum absolute atomic E-state index is 13.5. The van der Waals surface area contributed by atoms with Crippen LogP contribution in [0.3, 0.4) is 0 Å². The number of unbranched alkanes of at least 4 members (excludes halogenated alkanes) is 1. The molecular formula is C27H23NO2S2. The van der Waals surface area contributed by atoms with Gasteiger partial charge in [0.2, 0.25) is 0 Å². The summed E-state index contributed by atoms with van der Waals surface area (Å²) in [7, 11) is 0. The molecule has 32 heavy (non-hydrogen) atoms. The lowest BCUT2D eigenvalue weighted by Crippen LogP contribution is -2.01. The van der Waals surface area contributed by atoms with Crippen LogP contribution < -0.4 is 4.74 Å². The van der Waals surface area contributed by atoms with Gasteiger partial charge in [0.05, 0.1) is 17.8 Å². The molecule has 2 aromatic heterocycles. The summed E-state index contributed by atoms with van der Waals surface area (Å²) in [5.74, 6) is 0.804. The Hall–Kier alpha value is -3.02. The first-order valence-corrected chi connectivity index (χ1v) is 12.5. The molecule has 4 aromatic rings. The summed E-state index contributed by atoms with van der Waals surface area (Å²) in [6.07, 6.45) is 3.10. The van der Waals surface area contributed by atoms with E-state index < -0.39 is 0 Å². The van der Waals surface area contributed by atoms with Gasteiger partial charge >= 0.3 is 0 Å². The van der Waals surface area contributed by atoms with Crippen LogP contribution in [0.5, 0.6) is 5.75 Å². The third-order valence-electron chi connectivity index (χ3n) is 5.70. The summed E-state index contributed by atoms with van der Waals surface area (Å²) in [6, 6.07) is 20.4. The van der Waals surface area contributed by atoms with Crippen molar-refractivity contribution in [3.63, 3.8) is 0 Å². The van der Waals surface area contributed by atoms with Crippen LogP contribution in [0.1, 0.15) is 49.8 Å². The Bertz CT molecular complexity index is 1270. The third kappa shape index (κ3) is 4.06. The van der Waals surface area contributed by atoms with E-state index in [9.17, 15) is 4.79 Å². The minimum absolute atomic E-state index is 0.0550. The smallest absolute Gasteiger partial charge is 0.195 e. The molecule has 2 aromatic carbocycles. The van der Waals surface area contributed by atoms with Crippen molar-refractivity contribution in [1.82, 2.24) is 4.98 Å². The van der Waals surface area contributed by atoms with Crippen molar-refractivity contribution < 1.29 is 9.53 Å². The van der Waals surface area contributed by atoms with Gasteiger partial charge in [-0.05, 0) is 67.0 Å². The predicted molar refractivity (Wildman–Crippen MR) is 133 cm³/mol. The number of ketones is 1. The molecule has 2 heterocycles. The molecule has 160 valence electrons. The Morgan fingerprint density at radius 3 is 2.53 bits per heavy atom. The van der Waals surface area contributed by atoms with Gasteiger partial charge in [0.25, 0.3) is 0 Å². The second-order valence-electron chi connectivity index (χ2n) is 7.81. The largest absolute Gasteiger partial charge is 0.494 e. The van der Waals surface area contributed by atoms with Crippen molar-refractivity contribution in [2.45, 2.75) is 26.2 Å². The number of ether oxygens (including phenoxy) is 1. The normalized spacial score (nSPS) is 13.0. The number of aryl methyl sites for hydroxylation is 2. The van der Waals surface area contributed by atoms with Crippen LogP contribution in [-0.4, -0.2) is 17.4 Å². The lowest BCUT2D eigenvalue weighted by molar-refractivity contribution is 0.105. The van der Waals surface area contributed by atoms with Crippen LogP contribution in [0.15, 0.2) is 71.6 Å². The number of carbonyl (C=O) groups is 1. The molecule has 0 bridgehead atoms. The Morgan fingerprint density at radius 2 is 1.78 bits per heavy atom. The lowest BCUT2D eigenvalue weighted by atomic mass is 10.0. The van der Waals surface area contributed by atoms with E-state index in [0.29, 0.717) is 12.2 Å². The Balaban J connectivity index is 1.34. The number of hydrogen-bond acceptors (Lipinski definition) is 5. The lowest BCUT2D eigenvalue weighted by Gasteiger charge is -2.09. The van der Waals surface area contributed by atoms with E-state index in [0.717, 1.165) is 57.2 Å². The molecule has 5 rings (SSSR count). The zero-order chi connectivity index (χ0) is 21.9. The fraction of sp³-hybridized carbons (Fsp3) is 0.185. The summed E-state index contributed by atoms with van der Waals surface area (Å²) < 4.78 is 6.01. The average molecular weight is 458 g/mol. The van der Waals surface area contributed by atoms with Gasteiger partial charge in [-0.15, -0.1) is 22.7 Å². The second kappa shape index (κ2) is 9.23. The van der Waals surface area contributed by atoms with E-state index in [1.54, 1.807) is 22.7 Å². The number of fused-ring (bicyclic) bond motifs is 1. The fourth-order valence-electron chi connectivity index (χ4n) is 4.12. The van der Waals surface area contributed by atoms with Gasteiger partial charge in [0, 0.05) is 26.5 Å². The summed E-state index contributed by atoms with van der Waals surface area (Å²) >= 11 is 3.19. The monoisotopic (exact) mass is 457 g/mol. The van der Waals surface area contributed by atoms with Crippen molar-refractivity contribution in [2.75, 3.05) is 6.61 Å². The highest BCUT2D eigenvalue weighted by molar-refractivity contribution is 7.12. The molecule has 3 nitrogen and oxygen atoms in total. The molecule has 0 N–H and O–H groups in total. The minimum Gasteiger partial charge on any atom is -0.494 e. The zero-order valence-electron chi connectivity index (χ0n) is 17.8. The molecule has 1 aliphatic carbocycles. The van der Waals surface area contributed by atoms with Crippen molar-refractivity contribution in [3.05, 3.63) is 104 Å². The van der Waals surface area contributed by atoms with Crippen molar-refractivity contribution in [1.29, 1.82) is 0 Å². The average Bonchev–Trinajstić information content (AvgIpc) is 3.54. The van der Waals surface area contributed by atoms with Gasteiger partial charge in [-0.2, -0.15) is 0 Å². The molecule has 0 aliphatic heterocycles. The topological polar surface area (TPSA) is 39.2 Å². The highest BCUT2D eigenvalue weighted by Gasteiger charge is 2.33. The highest BCUT2D eigenvalue weighted by atomic mass is 32.1. The Kier molecular flexibility index (Phi) is 6.02. The molecule has 0 fully saturated rings. The Labute approximate surface area is 196 Å². The standard InChI is InChI=1S/C27H23NO2S2/c1-18-26(28-17-32-18)24-21-13-12-20(30-14-6-5-10-19-8-3-2-4-9-19)16-22(21)27(29)25(24)23-11-7-15-31-23/h2-4,7-9,11-13,15-17H,5-6,10,14H2,1H3. The van der Waals surface area contributed by atoms with E-state index in [2.05, 4.69) is 36.2 Å². The first-order chi connectivity index (χ1) is 15.7. The summed E-state index contributed by atoms with van der Waals surface area (Å²) in [6.45, 7) is 2.70. The summed E-state index contributed by atoms with van der Waals surface area (Å²) in [5, 5.41) is 2.01. The van der Waals surface area contributed by atoms with Gasteiger partial charge in [-0.25, -0.2) is 4.98 Å². The number of hydrogen-bond donors (Lipinski definition) is 0. The second-order valence-corrected chi connectivity index (χ2v) is 9.82. The maximum atomic E-state index is 13.5. The molecule has 0 atom stereocenters. The van der Waals surface area contributed by atoms with Crippen LogP contribution in [0, 0.1) is 6.92 Å². The fourth-order valence-corrected chi connectivity index (χ4v) is 5.47. The van der Waals surface area contributed by atoms with Crippen LogP contribution in [0.4, 0.5) is 0 Å². The number of allylic oxidation sites excluding steroid dienone is 1. The van der Waals surface area contributed by atoms with Gasteiger partial charge in [0.15, 0.2) is 5.78 Å². The van der Waals surface area contributed by atoms with Gasteiger partial charge < -0.3 is 4.74 Å². The molecular weight excluding hydrogens is 434 g/mol. The molecule has 0 radical (unpaired) electrons. The molecule has 0 amide bonds. The number of carbonyl (C=O) groups excluding carboxylic acids is 1. The van der Waals surface area contributed by atoms with Gasteiger partial charge in [-0.3, -0.25) is 4.79 Å². The van der Waals surface area contributed by atoms with E-state index in [1.807, 2.05) is 47.3 Å². The first-order valence-electron chi connectivity index (χ1n) is 10.8. The molecule has 0 unspecified atom stereocenters. The molecule has 1 aliphatic rings. The molecule has 5 heteroatoms. The zero-order valence-corrected chi connectivity index (χ0v) is 19.5. The van der Waals surface area contributed by atoms with Gasteiger partial charge in [0.1, 0.15) is 5.75 Å². The third-order valence-corrected chi connectivity index (χ3v) is 7.35. The van der Waals surface area contributed by atoms with Crippen LogP contribution in [0.2, 0.25) is 0 Å². The van der Waals surface area contributed by atoms with Crippen LogP contribution in [0.25, 0.3) is 11.1 Å². The number of rotatable bonds is 8. The number of benzene rings is 2. The van der Waals surface area contributed by atoms with Gasteiger partial charge in [-0.1, -0.05) is 36.4 Å². The van der Waals surface area contributed by atoms with Crippen LogP contribution >= 0.6 is 22.7 Å². The molecule has 0 saturated carbocycles. The minimum atomic E-state index is 0.0550. The number of Topliss-reactive ketones (excluding diaryl/α,β-unsaturated/α-hetero) is 1. The van der Waals surface area contributed by atoms with Crippen molar-refractivity contribution >= 4 is 39.6 Å². The van der Waals surface area contributed by atoms with E-state index in [1.165, 1.54) is 5.56 Å². The number of thiophene rings is 1. The quantitative estimate of drug-likeness (QED) is 0.266. The first kappa shape index (κ1) is 20.9. The van der Waals surface area contributed by atoms with E-state index >= 15 is 0 Å². The van der Waals surface area contributed by atoms with E-state index in [4.69, 9.17) is 4.74 Å². The van der Waals surface area contributed by atoms with Crippen LogP contribution in [-0.2, 0) is 6.42 Å².